The Balaban J connectivity index is 0.000000291. The van der Waals surface area contributed by atoms with E-state index in [2.05, 4.69) is 103 Å². The van der Waals surface area contributed by atoms with Gasteiger partial charge in [0.2, 0.25) is 5.15 Å². The molecule has 113 heavy (non-hydrogen) atoms. The Morgan fingerprint density at radius 2 is 0.823 bits per heavy atom. The molecule has 9 aromatic heterocycles. The van der Waals surface area contributed by atoms with E-state index in [1.807, 2.05) is 174 Å². The van der Waals surface area contributed by atoms with Crippen LogP contribution >= 0.6 is 11.6 Å². The molecule has 0 aliphatic carbocycles. The first kappa shape index (κ1) is 92.5. The van der Waals surface area contributed by atoms with Crippen molar-refractivity contribution in [2.45, 2.75) is 187 Å². The van der Waals surface area contributed by atoms with Crippen LogP contribution in [-0.4, -0.2) is 92.2 Å². The van der Waals surface area contributed by atoms with Crippen LogP contribution in [0.2, 0.25) is 25.6 Å². The van der Waals surface area contributed by atoms with Crippen molar-refractivity contribution in [2.75, 3.05) is 16.8 Å². The summed E-state index contributed by atoms with van der Waals surface area (Å²) in [5.74, 6) is 1.49. The Morgan fingerprint density at radius 1 is 0.496 bits per heavy atom. The zero-order valence-electron chi connectivity index (χ0n) is 68.6. The van der Waals surface area contributed by atoms with Crippen LogP contribution in [0.25, 0.3) is 21.8 Å². The third-order valence-electron chi connectivity index (χ3n) is 17.6. The third-order valence-corrected chi connectivity index (χ3v) is 17.9. The second-order valence-electron chi connectivity index (χ2n) is 31.8. The van der Waals surface area contributed by atoms with Gasteiger partial charge in [0, 0.05) is 94.2 Å². The van der Waals surface area contributed by atoms with Crippen molar-refractivity contribution in [3.8, 4) is 23.0 Å². The van der Waals surface area contributed by atoms with Crippen LogP contribution in [0.5, 0.6) is 23.0 Å². The van der Waals surface area contributed by atoms with Crippen molar-refractivity contribution in [3.05, 3.63) is 246 Å². The first-order valence-corrected chi connectivity index (χ1v) is 36.6. The number of pyridine rings is 7. The van der Waals surface area contributed by atoms with E-state index in [9.17, 15) is 34.9 Å². The zero-order valence-corrected chi connectivity index (χ0v) is 69.4. The standard InChI is InChI=1S/C25H26N4O2.C15H12N2O3.C10H14N2O2.2C10H16N2.C9H11ClN2O2.C3H9B3O3.CH4.H2/c1-16-20(14-18(15-27-16)25(2,3)4)28-24(30)21-13-17-7-6-8-22(23(17)29(21)5)31-19-9-11-26-12-10-19;1-17-12(15(18)19)9-10-3-2-4-13(14(10)17)20-11-5-7-16-8-6-11;1-7-9(12(13)14)5-8(6-11-7)10(2,3)4;2*1-7-9(11)5-8(6-12-7)10(2,3)4;1-9(2,3)6-4-7(12(13)14)8(10)11-5-6;1-4-7-5(2)9-6(3)8-4;;/h6-15H,1-5H3,(H,28,30);2-9H,1H3,(H,18,19);5-6H,1-4H3;2*5-6H,11H2,1-4H3;4-5H,1-3H3;1-3H3;1H4;1H. The maximum Gasteiger partial charge on any atom is 0.426 e. The summed E-state index contributed by atoms with van der Waals surface area (Å²) in [4.78, 5) is 73.4. The van der Waals surface area contributed by atoms with Crippen LogP contribution in [0.3, 0.4) is 0 Å². The quantitative estimate of drug-likeness (QED) is 0.0451. The molecule has 0 spiro atoms. The average Bonchev–Trinajstić information content (AvgIpc) is 1.63. The molecule has 0 saturated carbocycles. The third kappa shape index (κ3) is 26.8. The van der Waals surface area contributed by atoms with E-state index in [1.165, 1.54) is 17.2 Å². The van der Waals surface area contributed by atoms with Gasteiger partial charge in [0.05, 0.1) is 55.0 Å². The number of carboxylic acid groups (broad SMARTS) is 1. The molecule has 1 aliphatic rings. The van der Waals surface area contributed by atoms with E-state index in [1.54, 1.807) is 92.1 Å². The maximum atomic E-state index is 13.2. The van der Waals surface area contributed by atoms with E-state index in [-0.39, 0.29) is 85.4 Å². The van der Waals surface area contributed by atoms with Gasteiger partial charge in [-0.2, -0.15) is 0 Å². The molecule has 30 heteroatoms. The van der Waals surface area contributed by atoms with Crippen LogP contribution in [0, 0.1) is 47.9 Å². The van der Waals surface area contributed by atoms with E-state index < -0.39 is 15.8 Å². The first-order valence-electron chi connectivity index (χ1n) is 36.2. The second-order valence-corrected chi connectivity index (χ2v) is 32.1. The molecule has 2 aromatic carbocycles. The number of fused-ring (bicyclic) bond motifs is 2. The van der Waals surface area contributed by atoms with Gasteiger partial charge in [0.25, 0.3) is 11.6 Å². The topological polar surface area (TPSA) is 351 Å². The minimum atomic E-state index is -0.960. The number of anilines is 3. The molecule has 26 nitrogen and oxygen atoms in total. The lowest BCUT2D eigenvalue weighted by Crippen LogP contribution is -2.44. The molecule has 1 saturated heterocycles. The number of aromatic carboxylic acids is 1. The fourth-order valence-electron chi connectivity index (χ4n) is 10.6. The predicted molar refractivity (Wildman–Crippen MR) is 457 cm³/mol. The summed E-state index contributed by atoms with van der Waals surface area (Å²) in [6, 6.07) is 31.0. The molecular formula is C83H110B3ClN14O12. The number of nitro groups is 2. The summed E-state index contributed by atoms with van der Waals surface area (Å²) in [7, 11) is 3.18. The monoisotopic (exact) mass is 1560 g/mol. The van der Waals surface area contributed by atoms with Crippen LogP contribution in [0.1, 0.15) is 184 Å². The molecule has 1 amide bonds. The number of hydrogen-bond acceptors (Lipinski definition) is 20. The number of hydrogen-bond donors (Lipinski definition) is 4. The number of rotatable bonds is 9. The molecule has 1 fully saturated rings. The van der Waals surface area contributed by atoms with Gasteiger partial charge in [-0.15, -0.1) is 0 Å². The molecule has 0 atom stereocenters. The fourth-order valence-corrected chi connectivity index (χ4v) is 10.8. The zero-order chi connectivity index (χ0) is 83.7. The van der Waals surface area contributed by atoms with Crippen molar-refractivity contribution in [3.63, 3.8) is 0 Å². The van der Waals surface area contributed by atoms with E-state index in [0.29, 0.717) is 34.4 Å². The lowest BCUT2D eigenvalue weighted by Gasteiger charge is -2.25. The highest BCUT2D eigenvalue weighted by Gasteiger charge is 2.32. The Labute approximate surface area is 671 Å². The highest BCUT2D eigenvalue weighted by atomic mass is 35.5. The number of nitrogens with one attached hydrogen (secondary N) is 1. The number of halogens is 1. The lowest BCUT2D eigenvalue weighted by molar-refractivity contribution is -0.385. The number of nitrogen functional groups attached to an aromatic ring is 2. The highest BCUT2D eigenvalue weighted by molar-refractivity contribution is 6.72. The molecule has 6 N–H and O–H groups in total. The fraction of sp³-hybridized carbons (Fsp3) is 0.361. The van der Waals surface area contributed by atoms with Crippen LogP contribution in [0.4, 0.5) is 28.4 Å². The van der Waals surface area contributed by atoms with Gasteiger partial charge < -0.3 is 54.2 Å². The molecule has 0 unspecified atom stereocenters. The molecule has 0 bridgehead atoms. The Hall–Kier alpha value is -11.1. The Bertz CT molecular complexity index is 4920. The van der Waals surface area contributed by atoms with E-state index >= 15 is 0 Å². The Morgan fingerprint density at radius 3 is 1.19 bits per heavy atom. The van der Waals surface area contributed by atoms with Crippen molar-refractivity contribution in [2.24, 2.45) is 14.1 Å². The summed E-state index contributed by atoms with van der Waals surface area (Å²) in [5, 5.41) is 35.2. The van der Waals surface area contributed by atoms with Crippen molar-refractivity contribution >= 4 is 95.1 Å². The number of nitrogens with zero attached hydrogens (tertiary/aromatic N) is 11. The minimum absolute atomic E-state index is 0. The van der Waals surface area contributed by atoms with Gasteiger partial charge in [-0.05, 0) is 170 Å². The molecular weight excluding hydrogens is 1450 g/mol. The lowest BCUT2D eigenvalue weighted by atomic mass is 9.74. The average molecular weight is 1560 g/mol. The molecule has 10 heterocycles. The van der Waals surface area contributed by atoms with Gasteiger partial charge in [-0.1, -0.05) is 147 Å². The van der Waals surface area contributed by atoms with Gasteiger partial charge in [0.1, 0.15) is 28.6 Å². The second kappa shape index (κ2) is 39.4. The summed E-state index contributed by atoms with van der Waals surface area (Å²) < 4.78 is 30.7. The van der Waals surface area contributed by atoms with Gasteiger partial charge in [0.15, 0.2) is 11.5 Å². The number of amides is 1. The van der Waals surface area contributed by atoms with Crippen molar-refractivity contribution in [1.82, 2.24) is 44.0 Å². The predicted octanol–water partition coefficient (Wildman–Crippen LogP) is 20.0. The van der Waals surface area contributed by atoms with Crippen molar-refractivity contribution < 1.29 is 49.2 Å². The molecule has 11 aromatic rings. The van der Waals surface area contributed by atoms with E-state index in [0.717, 1.165) is 72.6 Å². The Kier molecular flexibility index (Phi) is 32.2. The highest BCUT2D eigenvalue weighted by Crippen LogP contribution is 2.36. The summed E-state index contributed by atoms with van der Waals surface area (Å²) >= 11 is 5.59. The molecule has 0 radical (unpaired) electrons. The van der Waals surface area contributed by atoms with Crippen LogP contribution in [0.15, 0.2) is 159 Å². The van der Waals surface area contributed by atoms with Crippen molar-refractivity contribution in [1.29, 1.82) is 0 Å². The van der Waals surface area contributed by atoms with Gasteiger partial charge in [-0.25, -0.2) is 9.78 Å². The number of nitrogens with two attached hydrogens (primary N) is 2. The van der Waals surface area contributed by atoms with E-state index in [4.69, 9.17) is 46.3 Å². The number of benzene rings is 2. The number of ether oxygens (including phenoxy) is 2. The first-order chi connectivity index (χ1) is 52.0. The van der Waals surface area contributed by atoms with Gasteiger partial charge >= 0.3 is 33.0 Å². The smallest absolute Gasteiger partial charge is 0.426 e. The normalized spacial score (nSPS) is 12.0. The van der Waals surface area contributed by atoms with Crippen LogP contribution < -0.4 is 26.3 Å². The minimum Gasteiger partial charge on any atom is -0.477 e. The number of carbonyl (C=O) groups is 2. The largest absolute Gasteiger partial charge is 0.477 e. The SMILES string of the molecule is C.CB1OB(C)OB(C)O1.CC(C)(C)c1cnc(Cl)c([N+](=O)[O-])c1.Cc1ncc(C(C)(C)C)cc1N.Cc1ncc(C(C)(C)C)cc1N.Cc1ncc(C(C)(C)C)cc1NC(=O)c1cc2cccc(Oc3ccncc3)c2n1C.Cc1ncc(C(C)(C)C)cc1[N+](=O)[O-].Cn1c(C(=O)O)cc2cccc(Oc3ccncc3)c21.[HH]. The maximum absolute atomic E-state index is 13.2. The molecule has 600 valence electrons. The summed E-state index contributed by atoms with van der Waals surface area (Å²) in [5.41, 5.74) is 24.2. The number of aryl methyl sites for hydroxylation is 6. The summed E-state index contributed by atoms with van der Waals surface area (Å²) in [6.07, 6.45) is 15.6. The van der Waals surface area contributed by atoms with Gasteiger partial charge in [-0.3, -0.25) is 54.9 Å². The molecule has 12 rings (SSSR count). The summed E-state index contributed by atoms with van der Waals surface area (Å²) in [6.45, 7) is 44.1. The van der Waals surface area contributed by atoms with Crippen LogP contribution in [-0.2, 0) is 54.9 Å². The molecule has 1 aliphatic heterocycles. The number of aromatic nitrogens is 9. The number of carboxylic acids is 1. The number of carbonyl (C=O) groups excluding carboxylic acids is 1. The number of para-hydroxylation sites is 2.